The topological polar surface area (TPSA) is 60.9 Å². The van der Waals surface area contributed by atoms with Crippen LogP contribution in [-0.2, 0) is 17.9 Å². The zero-order valence-corrected chi connectivity index (χ0v) is 11.3. The molecule has 1 aromatic rings. The number of rotatable bonds is 1. The summed E-state index contributed by atoms with van der Waals surface area (Å²) in [4.78, 5) is 26.7. The minimum absolute atomic E-state index is 0.0279. The summed E-state index contributed by atoms with van der Waals surface area (Å²) in [5.74, 6) is 0.145. The Kier molecular flexibility index (Phi) is 3.34. The first kappa shape index (κ1) is 13.0. The molecule has 0 bridgehead atoms. The third kappa shape index (κ3) is 2.35. The van der Waals surface area contributed by atoms with Crippen molar-refractivity contribution in [2.75, 3.05) is 13.1 Å². The van der Waals surface area contributed by atoms with E-state index < -0.39 is 6.09 Å². The van der Waals surface area contributed by atoms with Gasteiger partial charge >= 0.3 is 6.09 Å². The summed E-state index contributed by atoms with van der Waals surface area (Å²) in [6, 6.07) is 8.13. The maximum Gasteiger partial charge on any atom is 0.407 e. The Morgan fingerprint density at radius 2 is 1.55 bits per heavy atom. The van der Waals surface area contributed by atoms with E-state index in [1.807, 2.05) is 17.0 Å². The van der Waals surface area contributed by atoms with E-state index in [-0.39, 0.29) is 11.8 Å². The molecule has 5 nitrogen and oxygen atoms in total. The van der Waals surface area contributed by atoms with Crippen LogP contribution in [0.2, 0.25) is 0 Å². The van der Waals surface area contributed by atoms with Crippen molar-refractivity contribution in [2.24, 2.45) is 5.92 Å². The van der Waals surface area contributed by atoms with Gasteiger partial charge in [-0.1, -0.05) is 24.3 Å². The number of carboxylic acid groups (broad SMARTS) is 1. The second-order valence-electron chi connectivity index (χ2n) is 5.51. The molecule has 106 valence electrons. The van der Waals surface area contributed by atoms with Crippen molar-refractivity contribution in [2.45, 2.75) is 25.9 Å². The van der Waals surface area contributed by atoms with Gasteiger partial charge in [0.05, 0.1) is 0 Å². The van der Waals surface area contributed by atoms with Gasteiger partial charge in [-0.3, -0.25) is 4.79 Å². The van der Waals surface area contributed by atoms with Gasteiger partial charge in [-0.05, 0) is 24.0 Å². The number of piperidine rings is 1. The molecule has 0 atom stereocenters. The average Bonchev–Trinajstić information content (AvgIpc) is 2.90. The first-order chi connectivity index (χ1) is 9.65. The van der Waals surface area contributed by atoms with Crippen LogP contribution in [0.1, 0.15) is 24.0 Å². The summed E-state index contributed by atoms with van der Waals surface area (Å²) < 4.78 is 0. The molecule has 2 heterocycles. The molecular formula is C15H18N2O3. The van der Waals surface area contributed by atoms with Crippen LogP contribution in [0.25, 0.3) is 0 Å². The summed E-state index contributed by atoms with van der Waals surface area (Å²) in [5, 5.41) is 8.92. The normalized spacial score (nSPS) is 19.0. The SMILES string of the molecule is O=C(O)N1CCC(C(=O)N2Cc3ccccc3C2)CC1. The highest BCUT2D eigenvalue weighted by molar-refractivity contribution is 5.80. The predicted molar refractivity (Wildman–Crippen MR) is 73.0 cm³/mol. The van der Waals surface area contributed by atoms with E-state index in [9.17, 15) is 9.59 Å². The first-order valence-corrected chi connectivity index (χ1v) is 6.98. The number of fused-ring (bicyclic) bond motifs is 1. The molecule has 0 spiro atoms. The molecule has 2 amide bonds. The lowest BCUT2D eigenvalue weighted by Gasteiger charge is -2.31. The van der Waals surface area contributed by atoms with Gasteiger partial charge in [-0.15, -0.1) is 0 Å². The van der Waals surface area contributed by atoms with Gasteiger partial charge in [-0.2, -0.15) is 0 Å². The molecule has 20 heavy (non-hydrogen) atoms. The van der Waals surface area contributed by atoms with Gasteiger partial charge in [0.1, 0.15) is 0 Å². The molecule has 0 aliphatic carbocycles. The lowest BCUT2D eigenvalue weighted by molar-refractivity contribution is -0.137. The minimum atomic E-state index is -0.885. The van der Waals surface area contributed by atoms with Crippen molar-refractivity contribution < 1.29 is 14.7 Å². The highest BCUT2D eigenvalue weighted by Crippen LogP contribution is 2.27. The smallest absolute Gasteiger partial charge is 0.407 e. The molecule has 0 aromatic heterocycles. The maximum absolute atomic E-state index is 12.5. The van der Waals surface area contributed by atoms with Crippen molar-refractivity contribution in [3.05, 3.63) is 35.4 Å². The zero-order chi connectivity index (χ0) is 14.1. The number of hydrogen-bond acceptors (Lipinski definition) is 2. The van der Waals surface area contributed by atoms with Crippen LogP contribution in [0.15, 0.2) is 24.3 Å². The Labute approximate surface area is 117 Å². The molecule has 5 heteroatoms. The quantitative estimate of drug-likeness (QED) is 0.851. The highest BCUT2D eigenvalue weighted by Gasteiger charge is 2.32. The van der Waals surface area contributed by atoms with Crippen LogP contribution < -0.4 is 0 Å². The molecule has 3 rings (SSSR count). The van der Waals surface area contributed by atoms with Gasteiger partial charge in [0.25, 0.3) is 0 Å². The fourth-order valence-electron chi connectivity index (χ4n) is 3.06. The molecular weight excluding hydrogens is 256 g/mol. The molecule has 0 radical (unpaired) electrons. The van der Waals surface area contributed by atoms with Crippen LogP contribution >= 0.6 is 0 Å². The monoisotopic (exact) mass is 274 g/mol. The summed E-state index contributed by atoms with van der Waals surface area (Å²) in [7, 11) is 0. The third-order valence-electron chi connectivity index (χ3n) is 4.27. The molecule has 1 N–H and O–H groups in total. The zero-order valence-electron chi connectivity index (χ0n) is 11.3. The molecule has 2 aliphatic rings. The Morgan fingerprint density at radius 3 is 2.05 bits per heavy atom. The Hall–Kier alpha value is -2.04. The van der Waals surface area contributed by atoms with Crippen LogP contribution in [0.3, 0.4) is 0 Å². The van der Waals surface area contributed by atoms with Gasteiger partial charge in [0.15, 0.2) is 0 Å². The molecule has 0 saturated carbocycles. The van der Waals surface area contributed by atoms with E-state index in [2.05, 4.69) is 12.1 Å². The molecule has 1 saturated heterocycles. The van der Waals surface area contributed by atoms with Gasteiger partial charge in [0, 0.05) is 32.1 Å². The van der Waals surface area contributed by atoms with Crippen LogP contribution in [0.5, 0.6) is 0 Å². The van der Waals surface area contributed by atoms with E-state index in [1.165, 1.54) is 16.0 Å². The number of nitrogens with zero attached hydrogens (tertiary/aromatic N) is 2. The fourth-order valence-corrected chi connectivity index (χ4v) is 3.06. The summed E-state index contributed by atoms with van der Waals surface area (Å²) in [5.41, 5.74) is 2.45. The molecule has 1 aromatic carbocycles. The van der Waals surface area contributed by atoms with E-state index >= 15 is 0 Å². The van der Waals surface area contributed by atoms with Crippen LogP contribution in [0.4, 0.5) is 4.79 Å². The number of carbonyl (C=O) groups is 2. The highest BCUT2D eigenvalue weighted by atomic mass is 16.4. The molecule has 1 fully saturated rings. The molecule has 2 aliphatic heterocycles. The Balaban J connectivity index is 1.60. The van der Waals surface area contributed by atoms with Crippen molar-refractivity contribution in [3.63, 3.8) is 0 Å². The Morgan fingerprint density at radius 1 is 1.00 bits per heavy atom. The van der Waals surface area contributed by atoms with Gasteiger partial charge < -0.3 is 14.9 Å². The van der Waals surface area contributed by atoms with Crippen molar-refractivity contribution >= 4 is 12.0 Å². The Bertz CT molecular complexity index is 511. The number of carbonyl (C=O) groups excluding carboxylic acids is 1. The second-order valence-corrected chi connectivity index (χ2v) is 5.51. The van der Waals surface area contributed by atoms with Crippen LogP contribution in [-0.4, -0.2) is 40.0 Å². The van der Waals surface area contributed by atoms with E-state index in [4.69, 9.17) is 5.11 Å². The van der Waals surface area contributed by atoms with Crippen molar-refractivity contribution in [3.8, 4) is 0 Å². The van der Waals surface area contributed by atoms with Gasteiger partial charge in [0.2, 0.25) is 5.91 Å². The maximum atomic E-state index is 12.5. The van der Waals surface area contributed by atoms with E-state index in [0.717, 1.165) is 0 Å². The lowest BCUT2D eigenvalue weighted by Crippen LogP contribution is -2.42. The van der Waals surface area contributed by atoms with Crippen molar-refractivity contribution in [1.29, 1.82) is 0 Å². The minimum Gasteiger partial charge on any atom is -0.465 e. The summed E-state index contributed by atoms with van der Waals surface area (Å²) in [6.45, 7) is 2.31. The van der Waals surface area contributed by atoms with E-state index in [1.54, 1.807) is 0 Å². The fraction of sp³-hybridized carbons (Fsp3) is 0.467. The average molecular weight is 274 g/mol. The second kappa shape index (κ2) is 5.15. The number of likely N-dealkylation sites (tertiary alicyclic amines) is 1. The van der Waals surface area contributed by atoms with Crippen molar-refractivity contribution in [1.82, 2.24) is 9.80 Å². The third-order valence-corrected chi connectivity index (χ3v) is 4.27. The van der Waals surface area contributed by atoms with E-state index in [0.29, 0.717) is 39.0 Å². The summed E-state index contributed by atoms with van der Waals surface area (Å²) >= 11 is 0. The lowest BCUT2D eigenvalue weighted by atomic mass is 9.95. The number of hydrogen-bond donors (Lipinski definition) is 1. The summed E-state index contributed by atoms with van der Waals surface area (Å²) in [6.07, 6.45) is 0.389. The standard InChI is InChI=1S/C15H18N2O3/c18-14(11-5-7-16(8-6-11)15(19)20)17-9-12-3-1-2-4-13(12)10-17/h1-4,11H,5-10H2,(H,19,20). The van der Waals surface area contributed by atoms with Crippen LogP contribution in [0, 0.1) is 5.92 Å². The number of amides is 2. The number of benzene rings is 1. The van der Waals surface area contributed by atoms with Gasteiger partial charge in [-0.25, -0.2) is 4.79 Å². The largest absolute Gasteiger partial charge is 0.465 e. The first-order valence-electron chi connectivity index (χ1n) is 6.98. The predicted octanol–water partition coefficient (Wildman–Crippen LogP) is 1.92. The molecule has 0 unspecified atom stereocenters.